The molecule has 24 heavy (non-hydrogen) atoms. The van der Waals surface area contributed by atoms with Gasteiger partial charge >= 0.3 is 11.9 Å². The summed E-state index contributed by atoms with van der Waals surface area (Å²) < 4.78 is 0. The molecule has 1 aliphatic rings. The van der Waals surface area contributed by atoms with Crippen molar-refractivity contribution in [3.8, 4) is 5.75 Å². The van der Waals surface area contributed by atoms with Crippen LogP contribution in [-0.2, 0) is 16.0 Å². The summed E-state index contributed by atoms with van der Waals surface area (Å²) in [6.45, 7) is 0.368. The summed E-state index contributed by atoms with van der Waals surface area (Å²) in [7, 11) is 0. The molecule has 2 atom stereocenters. The first-order valence-electron chi connectivity index (χ1n) is 7.17. The van der Waals surface area contributed by atoms with E-state index in [-0.39, 0.29) is 11.5 Å². The Morgan fingerprint density at radius 2 is 2.17 bits per heavy atom. The molecule has 0 aromatic heterocycles. The van der Waals surface area contributed by atoms with Crippen molar-refractivity contribution in [3.63, 3.8) is 0 Å². The molecule has 1 heterocycles. The van der Waals surface area contributed by atoms with Crippen molar-refractivity contribution in [3.05, 3.63) is 11.6 Å². The highest BCUT2D eigenvalue weighted by molar-refractivity contribution is 8.02. The van der Waals surface area contributed by atoms with E-state index in [0.29, 0.717) is 29.3 Å². The van der Waals surface area contributed by atoms with Crippen LogP contribution >= 0.6 is 23.5 Å². The molecule has 0 aliphatic carbocycles. The van der Waals surface area contributed by atoms with Crippen molar-refractivity contribution in [1.29, 1.82) is 0 Å². The Bertz CT molecular complexity index is 656. The van der Waals surface area contributed by atoms with Crippen LogP contribution in [0.5, 0.6) is 5.75 Å². The molecule has 0 amide bonds. The number of rotatable bonds is 7. The van der Waals surface area contributed by atoms with Gasteiger partial charge in [-0.15, -0.1) is 23.5 Å². The zero-order valence-electron chi connectivity index (χ0n) is 12.7. The second-order valence-corrected chi connectivity index (χ2v) is 7.29. The summed E-state index contributed by atoms with van der Waals surface area (Å²) in [5, 5.41) is 31.1. The molecule has 2 rings (SSSR count). The van der Waals surface area contributed by atoms with Crippen molar-refractivity contribution >= 4 is 41.1 Å². The summed E-state index contributed by atoms with van der Waals surface area (Å²) in [5.41, 5.74) is 12.3. The van der Waals surface area contributed by atoms with Gasteiger partial charge in [-0.25, -0.2) is 4.79 Å². The number of phenols is 1. The zero-order valence-corrected chi connectivity index (χ0v) is 14.3. The number of aliphatic carboxylic acids is 2. The highest BCUT2D eigenvalue weighted by atomic mass is 32.2. The fraction of sp³-hybridized carbons (Fsp3) is 0.429. The summed E-state index contributed by atoms with van der Waals surface area (Å²) in [4.78, 5) is 23.6. The SMILES string of the molecule is NCCc1cc(O)c2c(c1SCC(N)C(=O)O)SCC(C(=O)O)N2. The molecule has 0 radical (unpaired) electrons. The predicted molar refractivity (Wildman–Crippen MR) is 93.0 cm³/mol. The number of fused-ring (bicyclic) bond motifs is 1. The number of benzene rings is 1. The maximum atomic E-state index is 11.2. The lowest BCUT2D eigenvalue weighted by Gasteiger charge is -2.27. The Morgan fingerprint density at radius 3 is 2.75 bits per heavy atom. The molecule has 8 N–H and O–H groups in total. The number of nitrogens with two attached hydrogens (primary N) is 2. The van der Waals surface area contributed by atoms with Crippen molar-refractivity contribution in [1.82, 2.24) is 0 Å². The average Bonchev–Trinajstić information content (AvgIpc) is 2.54. The van der Waals surface area contributed by atoms with Gasteiger partial charge in [0.05, 0.1) is 5.69 Å². The van der Waals surface area contributed by atoms with Crippen molar-refractivity contribution in [2.24, 2.45) is 11.5 Å². The number of phenolic OH excluding ortho intramolecular Hbond substituents is 1. The molecule has 132 valence electrons. The van der Waals surface area contributed by atoms with Crippen LogP contribution in [0.3, 0.4) is 0 Å². The standard InChI is InChI=1S/C14H19N3O5S2/c15-2-1-6-3-9(18)10-12(24-5-8(17-10)14(21)22)11(6)23-4-7(16)13(19)20/h3,7-8,17-18H,1-2,4-5,15-16H2,(H,19,20)(H,21,22). The first kappa shape index (κ1) is 18.7. The van der Waals surface area contributed by atoms with Crippen LogP contribution in [0.2, 0.25) is 0 Å². The Kier molecular flexibility index (Phi) is 6.21. The van der Waals surface area contributed by atoms with Crippen molar-refractivity contribution in [2.75, 3.05) is 23.4 Å². The number of thioether (sulfide) groups is 2. The molecular weight excluding hydrogens is 354 g/mol. The van der Waals surface area contributed by atoms with Crippen LogP contribution in [0.25, 0.3) is 0 Å². The Hall–Kier alpha value is -1.62. The second-order valence-electron chi connectivity index (χ2n) is 5.23. The van der Waals surface area contributed by atoms with E-state index in [1.165, 1.54) is 29.6 Å². The summed E-state index contributed by atoms with van der Waals surface area (Å²) >= 11 is 2.59. The topological polar surface area (TPSA) is 159 Å². The highest BCUT2D eigenvalue weighted by Gasteiger charge is 2.29. The lowest BCUT2D eigenvalue weighted by Crippen LogP contribution is -2.34. The Labute approximate surface area is 147 Å². The fourth-order valence-corrected chi connectivity index (χ4v) is 4.77. The molecule has 0 spiro atoms. The first-order valence-corrected chi connectivity index (χ1v) is 9.14. The monoisotopic (exact) mass is 373 g/mol. The molecule has 0 saturated heterocycles. The van der Waals surface area contributed by atoms with E-state index in [9.17, 15) is 14.7 Å². The molecule has 8 nitrogen and oxygen atoms in total. The van der Waals surface area contributed by atoms with Gasteiger partial charge in [0.25, 0.3) is 0 Å². The minimum Gasteiger partial charge on any atom is -0.506 e. The Balaban J connectivity index is 2.38. The molecule has 2 unspecified atom stereocenters. The molecule has 0 fully saturated rings. The molecule has 1 aromatic rings. The molecular formula is C14H19N3O5S2. The number of aromatic hydroxyl groups is 1. The van der Waals surface area contributed by atoms with E-state index in [1.54, 1.807) is 0 Å². The number of carboxylic acids is 2. The van der Waals surface area contributed by atoms with E-state index >= 15 is 0 Å². The highest BCUT2D eigenvalue weighted by Crippen LogP contribution is 2.47. The number of hydrogen-bond donors (Lipinski definition) is 6. The second kappa shape index (κ2) is 7.97. The van der Waals surface area contributed by atoms with Crippen LogP contribution in [0, 0.1) is 0 Å². The van der Waals surface area contributed by atoms with Crippen LogP contribution in [0.15, 0.2) is 15.9 Å². The molecule has 1 aliphatic heterocycles. The third kappa shape index (κ3) is 4.07. The average molecular weight is 373 g/mol. The minimum atomic E-state index is -1.09. The zero-order chi connectivity index (χ0) is 17.9. The number of carboxylic acid groups (broad SMARTS) is 2. The minimum absolute atomic E-state index is 0.0428. The van der Waals surface area contributed by atoms with Gasteiger partial charge in [0.15, 0.2) is 0 Å². The number of nitrogens with one attached hydrogen (secondary N) is 1. The summed E-state index contributed by atoms with van der Waals surface area (Å²) in [6, 6.07) is -0.274. The van der Waals surface area contributed by atoms with Gasteiger partial charge in [-0.3, -0.25) is 4.79 Å². The van der Waals surface area contributed by atoms with Gasteiger partial charge in [0.1, 0.15) is 17.8 Å². The number of anilines is 1. The van der Waals surface area contributed by atoms with Crippen LogP contribution in [-0.4, -0.2) is 57.4 Å². The van der Waals surface area contributed by atoms with E-state index in [4.69, 9.17) is 21.7 Å². The lowest BCUT2D eigenvalue weighted by atomic mass is 10.1. The van der Waals surface area contributed by atoms with Crippen LogP contribution in [0.4, 0.5) is 5.69 Å². The number of hydrogen-bond acceptors (Lipinski definition) is 8. The number of carbonyl (C=O) groups is 2. The largest absolute Gasteiger partial charge is 0.506 e. The van der Waals surface area contributed by atoms with Gasteiger partial charge in [-0.2, -0.15) is 0 Å². The first-order chi connectivity index (χ1) is 11.3. The van der Waals surface area contributed by atoms with Crippen LogP contribution in [0.1, 0.15) is 5.56 Å². The third-order valence-electron chi connectivity index (χ3n) is 3.44. The van der Waals surface area contributed by atoms with E-state index in [1.807, 2.05) is 0 Å². The van der Waals surface area contributed by atoms with Gasteiger partial charge in [-0.1, -0.05) is 0 Å². The van der Waals surface area contributed by atoms with E-state index < -0.39 is 24.0 Å². The smallest absolute Gasteiger partial charge is 0.327 e. The van der Waals surface area contributed by atoms with Gasteiger partial charge < -0.3 is 32.1 Å². The van der Waals surface area contributed by atoms with Crippen molar-refractivity contribution < 1.29 is 24.9 Å². The molecule has 1 aromatic carbocycles. The molecule has 0 bridgehead atoms. The summed E-state index contributed by atoms with van der Waals surface area (Å²) in [6.07, 6.45) is 0.508. The predicted octanol–water partition coefficient (Wildman–Crippen LogP) is 0.368. The van der Waals surface area contributed by atoms with Gasteiger partial charge in [-0.05, 0) is 24.6 Å². The van der Waals surface area contributed by atoms with E-state index in [2.05, 4.69) is 5.32 Å². The maximum absolute atomic E-state index is 11.2. The normalized spacial score (nSPS) is 17.7. The lowest BCUT2D eigenvalue weighted by molar-refractivity contribution is -0.138. The third-order valence-corrected chi connectivity index (χ3v) is 6.05. The summed E-state index contributed by atoms with van der Waals surface area (Å²) in [5.74, 6) is -1.67. The van der Waals surface area contributed by atoms with Crippen LogP contribution < -0.4 is 16.8 Å². The fourth-order valence-electron chi connectivity index (χ4n) is 2.22. The quantitative estimate of drug-likeness (QED) is 0.291. The molecule has 10 heteroatoms. The van der Waals surface area contributed by atoms with Gasteiger partial charge in [0, 0.05) is 21.3 Å². The van der Waals surface area contributed by atoms with Gasteiger partial charge in [0.2, 0.25) is 0 Å². The Morgan fingerprint density at radius 1 is 1.46 bits per heavy atom. The molecule has 0 saturated carbocycles. The maximum Gasteiger partial charge on any atom is 0.327 e. The van der Waals surface area contributed by atoms with Crippen molar-refractivity contribution in [2.45, 2.75) is 28.3 Å². The van der Waals surface area contributed by atoms with E-state index in [0.717, 1.165) is 10.5 Å².